The second-order valence-electron chi connectivity index (χ2n) is 4.02. The van der Waals surface area contributed by atoms with E-state index in [0.29, 0.717) is 6.61 Å². The summed E-state index contributed by atoms with van der Waals surface area (Å²) in [6.45, 7) is 3.90. The van der Waals surface area contributed by atoms with Crippen molar-refractivity contribution in [2.45, 2.75) is 13.3 Å². The van der Waals surface area contributed by atoms with Gasteiger partial charge >= 0.3 is 5.97 Å². The zero-order valence-electron chi connectivity index (χ0n) is 11.0. The van der Waals surface area contributed by atoms with Crippen LogP contribution in [0, 0.1) is 0 Å². The number of nitrogens with zero attached hydrogens (tertiary/aromatic N) is 2. The minimum Gasteiger partial charge on any atom is -0.463 e. The Labute approximate surface area is 108 Å². The highest BCUT2D eigenvalue weighted by molar-refractivity contribution is 5.81. The minimum absolute atomic E-state index is 0.278. The summed E-state index contributed by atoms with van der Waals surface area (Å²) in [5, 5.41) is 0. The van der Waals surface area contributed by atoms with Gasteiger partial charge in [-0.25, -0.2) is 4.79 Å². The van der Waals surface area contributed by atoms with Crippen LogP contribution in [0.25, 0.3) is 0 Å². The third-order valence-corrected chi connectivity index (χ3v) is 2.49. The van der Waals surface area contributed by atoms with Crippen LogP contribution < -0.4 is 0 Å². The van der Waals surface area contributed by atoms with Gasteiger partial charge in [-0.15, -0.1) is 0 Å². The predicted molar refractivity (Wildman–Crippen MR) is 71.2 cm³/mol. The van der Waals surface area contributed by atoms with E-state index in [1.165, 1.54) is 11.6 Å². The molecule has 0 fully saturated rings. The SMILES string of the molecule is CCOC(=O)/C=C/CN(C)CCc1ccncc1. The molecule has 0 spiro atoms. The Kier molecular flexibility index (Phi) is 6.72. The van der Waals surface area contributed by atoms with Gasteiger partial charge in [-0.2, -0.15) is 0 Å². The van der Waals surface area contributed by atoms with Crippen LogP contribution in [0.2, 0.25) is 0 Å². The summed E-state index contributed by atoms with van der Waals surface area (Å²) in [6.07, 6.45) is 7.88. The molecule has 0 atom stereocenters. The molecular formula is C14H20N2O2. The van der Waals surface area contributed by atoms with Crippen molar-refractivity contribution in [1.29, 1.82) is 0 Å². The fourth-order valence-corrected chi connectivity index (χ4v) is 1.48. The van der Waals surface area contributed by atoms with Gasteiger partial charge in [0, 0.05) is 31.6 Å². The van der Waals surface area contributed by atoms with Gasteiger partial charge in [0.25, 0.3) is 0 Å². The molecule has 0 N–H and O–H groups in total. The maximum atomic E-state index is 11.1. The first-order chi connectivity index (χ1) is 8.72. The second-order valence-corrected chi connectivity index (χ2v) is 4.02. The Hall–Kier alpha value is -1.68. The summed E-state index contributed by atoms with van der Waals surface area (Å²) in [5.41, 5.74) is 1.27. The van der Waals surface area contributed by atoms with E-state index in [9.17, 15) is 4.79 Å². The maximum Gasteiger partial charge on any atom is 0.330 e. The standard InChI is InChI=1S/C14H20N2O2/c1-3-18-14(17)5-4-11-16(2)12-8-13-6-9-15-10-7-13/h4-7,9-10H,3,8,11-12H2,1-2H3/b5-4+. The number of pyridine rings is 1. The number of hydrogen-bond acceptors (Lipinski definition) is 4. The Morgan fingerprint density at radius 2 is 2.17 bits per heavy atom. The van der Waals surface area contributed by atoms with Gasteiger partial charge in [-0.05, 0) is 38.1 Å². The number of carbonyl (C=O) groups excluding carboxylic acids is 1. The number of likely N-dealkylation sites (N-methyl/N-ethyl adjacent to an activating group) is 1. The monoisotopic (exact) mass is 248 g/mol. The van der Waals surface area contributed by atoms with E-state index in [0.717, 1.165) is 19.5 Å². The number of hydrogen-bond donors (Lipinski definition) is 0. The molecule has 0 aliphatic rings. The van der Waals surface area contributed by atoms with Crippen LogP contribution in [0.1, 0.15) is 12.5 Å². The third kappa shape index (κ3) is 6.15. The smallest absolute Gasteiger partial charge is 0.330 e. The van der Waals surface area contributed by atoms with Crippen molar-refractivity contribution in [3.63, 3.8) is 0 Å². The molecule has 0 bridgehead atoms. The summed E-state index contributed by atoms with van der Waals surface area (Å²) in [5.74, 6) is -0.278. The summed E-state index contributed by atoms with van der Waals surface area (Å²) >= 11 is 0. The van der Waals surface area contributed by atoms with Gasteiger partial charge in [0.2, 0.25) is 0 Å². The second kappa shape index (κ2) is 8.42. The quantitative estimate of drug-likeness (QED) is 0.544. The largest absolute Gasteiger partial charge is 0.463 e. The zero-order chi connectivity index (χ0) is 13.2. The summed E-state index contributed by atoms with van der Waals surface area (Å²) < 4.78 is 4.80. The fourth-order valence-electron chi connectivity index (χ4n) is 1.48. The lowest BCUT2D eigenvalue weighted by Crippen LogP contribution is -2.21. The van der Waals surface area contributed by atoms with Crippen LogP contribution in [0.15, 0.2) is 36.7 Å². The van der Waals surface area contributed by atoms with E-state index in [1.54, 1.807) is 19.3 Å². The summed E-state index contributed by atoms with van der Waals surface area (Å²) in [4.78, 5) is 17.2. The van der Waals surface area contributed by atoms with Gasteiger partial charge in [0.05, 0.1) is 6.61 Å². The first-order valence-corrected chi connectivity index (χ1v) is 6.13. The van der Waals surface area contributed by atoms with Crippen LogP contribution in [-0.4, -0.2) is 42.6 Å². The molecule has 0 aliphatic heterocycles. The first kappa shape index (κ1) is 14.4. The molecule has 0 aliphatic carbocycles. The molecule has 0 saturated heterocycles. The predicted octanol–water partition coefficient (Wildman–Crippen LogP) is 1.68. The normalized spacial score (nSPS) is 11.1. The van der Waals surface area contributed by atoms with Crippen LogP contribution in [0.3, 0.4) is 0 Å². The molecular weight excluding hydrogens is 228 g/mol. The molecule has 0 unspecified atom stereocenters. The van der Waals surface area contributed by atoms with E-state index in [4.69, 9.17) is 4.74 Å². The Balaban J connectivity index is 2.22. The molecule has 1 heterocycles. The molecule has 4 nitrogen and oxygen atoms in total. The molecule has 18 heavy (non-hydrogen) atoms. The fraction of sp³-hybridized carbons (Fsp3) is 0.429. The molecule has 1 aromatic heterocycles. The van der Waals surface area contributed by atoms with Crippen molar-refractivity contribution in [2.75, 3.05) is 26.7 Å². The number of aromatic nitrogens is 1. The van der Waals surface area contributed by atoms with Crippen molar-refractivity contribution < 1.29 is 9.53 Å². The third-order valence-electron chi connectivity index (χ3n) is 2.49. The Morgan fingerprint density at radius 3 is 2.83 bits per heavy atom. The van der Waals surface area contributed by atoms with Gasteiger partial charge in [-0.3, -0.25) is 4.98 Å². The van der Waals surface area contributed by atoms with E-state index in [2.05, 4.69) is 9.88 Å². The number of rotatable bonds is 7. The summed E-state index contributed by atoms with van der Waals surface area (Å²) in [7, 11) is 2.02. The van der Waals surface area contributed by atoms with E-state index >= 15 is 0 Å². The first-order valence-electron chi connectivity index (χ1n) is 6.13. The van der Waals surface area contributed by atoms with Crippen molar-refractivity contribution in [3.05, 3.63) is 42.2 Å². The van der Waals surface area contributed by atoms with Crippen molar-refractivity contribution >= 4 is 5.97 Å². The lowest BCUT2D eigenvalue weighted by Gasteiger charge is -2.13. The van der Waals surface area contributed by atoms with E-state index in [-0.39, 0.29) is 5.97 Å². The number of esters is 1. The number of carbonyl (C=O) groups is 1. The van der Waals surface area contributed by atoms with Crippen LogP contribution in [0.4, 0.5) is 0 Å². The highest BCUT2D eigenvalue weighted by atomic mass is 16.5. The molecule has 98 valence electrons. The maximum absolute atomic E-state index is 11.1. The topological polar surface area (TPSA) is 42.4 Å². The Morgan fingerprint density at radius 1 is 1.44 bits per heavy atom. The molecule has 0 amide bonds. The molecule has 1 rings (SSSR count). The Bertz CT molecular complexity index is 377. The minimum atomic E-state index is -0.278. The van der Waals surface area contributed by atoms with Gasteiger partial charge in [0.15, 0.2) is 0 Å². The molecule has 0 aromatic carbocycles. The highest BCUT2D eigenvalue weighted by Crippen LogP contribution is 1.98. The van der Waals surface area contributed by atoms with E-state index < -0.39 is 0 Å². The summed E-state index contributed by atoms with van der Waals surface area (Å²) in [6, 6.07) is 4.03. The molecule has 0 saturated carbocycles. The zero-order valence-corrected chi connectivity index (χ0v) is 11.0. The van der Waals surface area contributed by atoms with E-state index in [1.807, 2.05) is 25.3 Å². The lowest BCUT2D eigenvalue weighted by atomic mass is 10.2. The van der Waals surface area contributed by atoms with Gasteiger partial charge < -0.3 is 9.64 Å². The highest BCUT2D eigenvalue weighted by Gasteiger charge is 1.98. The van der Waals surface area contributed by atoms with Gasteiger partial charge in [-0.1, -0.05) is 6.08 Å². The molecule has 1 aromatic rings. The van der Waals surface area contributed by atoms with Crippen LogP contribution >= 0.6 is 0 Å². The molecule has 0 radical (unpaired) electrons. The van der Waals surface area contributed by atoms with Crippen molar-refractivity contribution in [3.8, 4) is 0 Å². The van der Waals surface area contributed by atoms with Crippen LogP contribution in [-0.2, 0) is 16.0 Å². The average Bonchev–Trinajstić information content (AvgIpc) is 2.38. The van der Waals surface area contributed by atoms with Crippen molar-refractivity contribution in [1.82, 2.24) is 9.88 Å². The number of ether oxygens (including phenoxy) is 1. The van der Waals surface area contributed by atoms with Gasteiger partial charge in [0.1, 0.15) is 0 Å². The van der Waals surface area contributed by atoms with Crippen molar-refractivity contribution in [2.24, 2.45) is 0 Å². The van der Waals surface area contributed by atoms with Crippen LogP contribution in [0.5, 0.6) is 0 Å². The molecule has 4 heteroatoms. The average molecular weight is 248 g/mol. The lowest BCUT2D eigenvalue weighted by molar-refractivity contribution is -0.137.